The highest BCUT2D eigenvalue weighted by Gasteiger charge is 2.29. The van der Waals surface area contributed by atoms with Crippen LogP contribution in [0.1, 0.15) is 39.2 Å². The zero-order valence-electron chi connectivity index (χ0n) is 29.6. The molecule has 2 saturated heterocycles. The lowest BCUT2D eigenvalue weighted by Crippen LogP contribution is -2.52. The largest absolute Gasteiger partial charge is 0.494 e. The molecular weight excluding hydrogens is 720 g/mol. The van der Waals surface area contributed by atoms with Crippen molar-refractivity contribution in [2.24, 2.45) is 0 Å². The maximum atomic E-state index is 13.1. The molecule has 268 valence electrons. The molecule has 2 aromatic carbocycles. The fourth-order valence-electron chi connectivity index (χ4n) is 7.03. The van der Waals surface area contributed by atoms with Gasteiger partial charge < -0.3 is 25.2 Å². The molecule has 0 bridgehead atoms. The second kappa shape index (κ2) is 15.2. The molecular formula is C35H47BrN10O3S. The Labute approximate surface area is 303 Å². The van der Waals surface area contributed by atoms with Crippen molar-refractivity contribution >= 4 is 71.5 Å². The number of benzene rings is 2. The third kappa shape index (κ3) is 7.75. The highest BCUT2D eigenvalue weighted by molar-refractivity contribution is 9.10. The summed E-state index contributed by atoms with van der Waals surface area (Å²) in [5.41, 5.74) is 5.13. The van der Waals surface area contributed by atoms with Crippen LogP contribution in [0.4, 0.5) is 34.5 Å². The molecule has 2 aliphatic rings. The summed E-state index contributed by atoms with van der Waals surface area (Å²) in [7, 11) is 0.214. The number of hydrogen-bond donors (Lipinski definition) is 2. The third-order valence-electron chi connectivity index (χ3n) is 9.55. The number of aromatic nitrogens is 4. The molecule has 0 unspecified atom stereocenters. The summed E-state index contributed by atoms with van der Waals surface area (Å²) >= 11 is 3.58. The van der Waals surface area contributed by atoms with Crippen molar-refractivity contribution in [2.45, 2.75) is 52.1 Å². The van der Waals surface area contributed by atoms with Gasteiger partial charge in [0.15, 0.2) is 0 Å². The second-order valence-corrected chi connectivity index (χ2v) is 16.0. The number of nitrogens with one attached hydrogen (secondary N) is 2. The van der Waals surface area contributed by atoms with E-state index in [0.717, 1.165) is 64.2 Å². The Morgan fingerprint density at radius 3 is 2.38 bits per heavy atom. The number of piperidine rings is 1. The first-order valence-corrected chi connectivity index (χ1v) is 19.8. The van der Waals surface area contributed by atoms with Crippen molar-refractivity contribution in [1.29, 1.82) is 0 Å². The van der Waals surface area contributed by atoms with Crippen LogP contribution >= 0.6 is 15.9 Å². The zero-order chi connectivity index (χ0) is 35.6. The Morgan fingerprint density at radius 1 is 1.00 bits per heavy atom. The van der Waals surface area contributed by atoms with Gasteiger partial charge >= 0.3 is 0 Å². The van der Waals surface area contributed by atoms with E-state index in [2.05, 4.69) is 82.3 Å². The molecule has 2 aliphatic heterocycles. The van der Waals surface area contributed by atoms with Gasteiger partial charge in [-0.2, -0.15) is 4.98 Å². The summed E-state index contributed by atoms with van der Waals surface area (Å²) in [5.74, 6) is 1.50. The average Bonchev–Trinajstić information content (AvgIpc) is 3.10. The standard InChI is InChI=1S/C35H47BrN10O3S/c1-7-24-20-29(31(49-5)21-30(24)45-14-10-25(11-15-45)44-18-16-43(4)17-19-44)41-35-39-22-26(36)34(42-35)40-28-9-8-27-32(38-13-12-37-27)33(28)46(23(2)3)50(6,47)48/h8-9,12-13,20-23,25H,7,10-11,14-19H2,1-6H3,(H2,39,40,41,42). The summed E-state index contributed by atoms with van der Waals surface area (Å²) in [6.45, 7) is 12.4. The Balaban J connectivity index is 1.26. The number of likely N-dealkylation sites (N-methyl/N-ethyl adjacent to an activating group) is 1. The molecule has 13 nitrogen and oxygen atoms in total. The van der Waals surface area contributed by atoms with Crippen LogP contribution in [0.25, 0.3) is 11.0 Å². The number of fused-ring (bicyclic) bond motifs is 1. The molecule has 0 amide bonds. The molecule has 2 N–H and O–H groups in total. The lowest BCUT2D eigenvalue weighted by molar-refractivity contribution is 0.0982. The minimum Gasteiger partial charge on any atom is -0.494 e. The van der Waals surface area contributed by atoms with Gasteiger partial charge in [0.25, 0.3) is 0 Å². The van der Waals surface area contributed by atoms with E-state index in [1.54, 1.807) is 37.8 Å². The van der Waals surface area contributed by atoms with Gasteiger partial charge in [-0.15, -0.1) is 0 Å². The van der Waals surface area contributed by atoms with Crippen LogP contribution in [0, 0.1) is 0 Å². The summed E-state index contributed by atoms with van der Waals surface area (Å²) in [4.78, 5) is 25.8. The van der Waals surface area contributed by atoms with Crippen LogP contribution in [0.5, 0.6) is 5.75 Å². The molecule has 0 aliphatic carbocycles. The molecule has 50 heavy (non-hydrogen) atoms. The molecule has 2 aromatic heterocycles. The number of methoxy groups -OCH3 is 1. The van der Waals surface area contributed by atoms with Gasteiger partial charge in [0.1, 0.15) is 22.8 Å². The molecule has 0 saturated carbocycles. The minimum atomic E-state index is -3.67. The van der Waals surface area contributed by atoms with E-state index in [4.69, 9.17) is 9.72 Å². The monoisotopic (exact) mass is 766 g/mol. The molecule has 0 spiro atoms. The van der Waals surface area contributed by atoms with Crippen LogP contribution in [-0.2, 0) is 16.4 Å². The van der Waals surface area contributed by atoms with Gasteiger partial charge in [-0.25, -0.2) is 13.4 Å². The van der Waals surface area contributed by atoms with Crippen molar-refractivity contribution in [1.82, 2.24) is 29.7 Å². The third-order valence-corrected chi connectivity index (χ3v) is 11.4. The lowest BCUT2D eigenvalue weighted by atomic mass is 9.99. The molecule has 15 heteroatoms. The number of ether oxygens (including phenoxy) is 1. The van der Waals surface area contributed by atoms with Crippen molar-refractivity contribution in [2.75, 3.05) is 79.5 Å². The van der Waals surface area contributed by atoms with Gasteiger partial charge in [0, 0.05) is 81.7 Å². The number of aryl methyl sites for hydroxylation is 1. The summed E-state index contributed by atoms with van der Waals surface area (Å²) in [5, 5.41) is 6.72. The minimum absolute atomic E-state index is 0.350. The molecule has 2 fully saturated rings. The highest BCUT2D eigenvalue weighted by atomic mass is 79.9. The first kappa shape index (κ1) is 36.0. The van der Waals surface area contributed by atoms with Crippen LogP contribution < -0.4 is 24.6 Å². The quantitative estimate of drug-likeness (QED) is 0.196. The Hall–Kier alpha value is -3.79. The number of anilines is 6. The predicted octanol–water partition coefficient (Wildman–Crippen LogP) is 5.63. The van der Waals surface area contributed by atoms with Gasteiger partial charge in [0.2, 0.25) is 16.0 Å². The number of halogens is 1. The molecule has 0 atom stereocenters. The van der Waals surface area contributed by atoms with Crippen molar-refractivity contribution in [3.8, 4) is 5.75 Å². The average molecular weight is 768 g/mol. The van der Waals surface area contributed by atoms with E-state index < -0.39 is 10.0 Å². The number of piperazine rings is 1. The van der Waals surface area contributed by atoms with E-state index in [-0.39, 0.29) is 6.04 Å². The van der Waals surface area contributed by atoms with Gasteiger partial charge in [0.05, 0.1) is 34.7 Å². The summed E-state index contributed by atoms with van der Waals surface area (Å²) in [6, 6.07) is 8.11. The number of rotatable bonds is 11. The van der Waals surface area contributed by atoms with Crippen molar-refractivity contribution in [3.63, 3.8) is 0 Å². The first-order chi connectivity index (χ1) is 24.0. The fourth-order valence-corrected chi connectivity index (χ4v) is 8.61. The van der Waals surface area contributed by atoms with Gasteiger partial charge in [-0.1, -0.05) is 6.92 Å². The van der Waals surface area contributed by atoms with E-state index >= 15 is 0 Å². The van der Waals surface area contributed by atoms with Crippen LogP contribution in [0.2, 0.25) is 0 Å². The van der Waals surface area contributed by atoms with E-state index in [9.17, 15) is 8.42 Å². The first-order valence-electron chi connectivity index (χ1n) is 17.1. The topological polar surface area (TPSA) is 132 Å². The summed E-state index contributed by atoms with van der Waals surface area (Å²) in [6.07, 6.45) is 9.15. The maximum Gasteiger partial charge on any atom is 0.232 e. The fraction of sp³-hybridized carbons (Fsp3) is 0.486. The maximum absolute atomic E-state index is 13.1. The predicted molar refractivity (Wildman–Crippen MR) is 205 cm³/mol. The van der Waals surface area contributed by atoms with Crippen LogP contribution in [0.15, 0.2) is 47.3 Å². The molecule has 0 radical (unpaired) electrons. The zero-order valence-corrected chi connectivity index (χ0v) is 32.1. The molecule has 4 aromatic rings. The number of hydrogen-bond acceptors (Lipinski definition) is 12. The molecule has 4 heterocycles. The van der Waals surface area contributed by atoms with Crippen molar-refractivity contribution < 1.29 is 13.2 Å². The lowest BCUT2D eigenvalue weighted by Gasteiger charge is -2.43. The van der Waals surface area contributed by atoms with Gasteiger partial charge in [-0.05, 0) is 79.9 Å². The number of sulfonamides is 1. The SMILES string of the molecule is CCc1cc(Nc2ncc(Br)c(Nc3ccc4nccnc4c3N(C(C)C)S(C)(=O)=O)n2)c(OC)cc1N1CCC(N2CCN(C)CC2)CC1. The Morgan fingerprint density at radius 2 is 1.72 bits per heavy atom. The number of nitrogens with zero attached hydrogens (tertiary/aromatic N) is 8. The smallest absolute Gasteiger partial charge is 0.232 e. The van der Waals surface area contributed by atoms with E-state index in [0.29, 0.717) is 50.4 Å². The molecule has 6 rings (SSSR count). The van der Waals surface area contributed by atoms with Gasteiger partial charge in [-0.3, -0.25) is 19.2 Å². The normalized spacial score (nSPS) is 16.6. The van der Waals surface area contributed by atoms with E-state index in [1.807, 2.05) is 13.8 Å². The summed E-state index contributed by atoms with van der Waals surface area (Å²) < 4.78 is 34.0. The Kier molecular flexibility index (Phi) is 11.0. The van der Waals surface area contributed by atoms with Crippen LogP contribution in [-0.4, -0.2) is 110 Å². The second-order valence-electron chi connectivity index (χ2n) is 13.3. The van der Waals surface area contributed by atoms with E-state index in [1.165, 1.54) is 21.8 Å². The Bertz CT molecular complexity index is 1930. The van der Waals surface area contributed by atoms with Crippen LogP contribution in [0.3, 0.4) is 0 Å². The van der Waals surface area contributed by atoms with Crippen molar-refractivity contribution in [3.05, 3.63) is 52.9 Å². The highest BCUT2D eigenvalue weighted by Crippen LogP contribution is 2.40.